The van der Waals surface area contributed by atoms with Crippen molar-refractivity contribution in [2.24, 2.45) is 5.73 Å². The highest BCUT2D eigenvalue weighted by molar-refractivity contribution is 5.82. The van der Waals surface area contributed by atoms with Gasteiger partial charge in [-0.05, 0) is 17.7 Å². The predicted molar refractivity (Wildman–Crippen MR) is 50.9 cm³/mol. The van der Waals surface area contributed by atoms with E-state index in [0.29, 0.717) is 6.54 Å². The van der Waals surface area contributed by atoms with Crippen molar-refractivity contribution < 1.29 is 14.0 Å². The molecule has 1 saturated heterocycles. The standard InChI is InChI=1S/C10H11FN2O2/c11-8-3-1-7(2-4-8)5-13-10(14)9(12)6-15-13/h1-4,9H,5-6,12H2/t9-/m0/s1. The summed E-state index contributed by atoms with van der Waals surface area (Å²) in [4.78, 5) is 16.5. The van der Waals surface area contributed by atoms with Gasteiger partial charge in [-0.25, -0.2) is 9.45 Å². The first-order chi connectivity index (χ1) is 7.16. The van der Waals surface area contributed by atoms with Gasteiger partial charge in [0, 0.05) is 0 Å². The molecule has 1 heterocycles. The maximum Gasteiger partial charge on any atom is 0.265 e. The second-order valence-electron chi connectivity index (χ2n) is 3.40. The van der Waals surface area contributed by atoms with Crippen molar-refractivity contribution >= 4 is 5.91 Å². The predicted octanol–water partition coefficient (Wildman–Crippen LogP) is 0.427. The maximum atomic E-state index is 12.6. The number of hydroxylamine groups is 2. The molecule has 0 aromatic heterocycles. The second kappa shape index (κ2) is 3.96. The number of hydrogen-bond acceptors (Lipinski definition) is 3. The normalized spacial score (nSPS) is 21.1. The van der Waals surface area contributed by atoms with Gasteiger partial charge < -0.3 is 5.73 Å². The van der Waals surface area contributed by atoms with Crippen LogP contribution in [-0.2, 0) is 16.2 Å². The van der Waals surface area contributed by atoms with Crippen molar-refractivity contribution in [1.82, 2.24) is 5.06 Å². The average molecular weight is 210 g/mol. The van der Waals surface area contributed by atoms with Crippen molar-refractivity contribution in [2.45, 2.75) is 12.6 Å². The molecule has 1 amide bonds. The fourth-order valence-corrected chi connectivity index (χ4v) is 1.37. The molecular weight excluding hydrogens is 199 g/mol. The largest absolute Gasteiger partial charge is 0.318 e. The van der Waals surface area contributed by atoms with Crippen molar-refractivity contribution in [2.75, 3.05) is 6.61 Å². The quantitative estimate of drug-likeness (QED) is 0.770. The molecule has 5 heteroatoms. The zero-order valence-electron chi connectivity index (χ0n) is 8.02. The summed E-state index contributed by atoms with van der Waals surface area (Å²) in [5, 5.41) is 1.21. The molecule has 0 spiro atoms. The van der Waals surface area contributed by atoms with Crippen molar-refractivity contribution in [3.8, 4) is 0 Å². The average Bonchev–Trinajstić information content (AvgIpc) is 2.53. The van der Waals surface area contributed by atoms with Gasteiger partial charge in [-0.2, -0.15) is 0 Å². The number of nitrogens with two attached hydrogens (primary N) is 1. The summed E-state index contributed by atoms with van der Waals surface area (Å²) in [6.45, 7) is 0.507. The van der Waals surface area contributed by atoms with Crippen LogP contribution in [0.15, 0.2) is 24.3 Å². The van der Waals surface area contributed by atoms with Gasteiger partial charge in [0.15, 0.2) is 0 Å². The molecule has 0 aliphatic carbocycles. The first-order valence-electron chi connectivity index (χ1n) is 4.61. The van der Waals surface area contributed by atoms with Crippen LogP contribution in [0.3, 0.4) is 0 Å². The third kappa shape index (κ3) is 2.14. The van der Waals surface area contributed by atoms with E-state index in [2.05, 4.69) is 0 Å². The Hall–Kier alpha value is -1.46. The molecular formula is C10H11FN2O2. The lowest BCUT2D eigenvalue weighted by atomic mass is 10.2. The van der Waals surface area contributed by atoms with E-state index in [0.717, 1.165) is 5.56 Å². The molecule has 0 saturated carbocycles. The third-order valence-electron chi connectivity index (χ3n) is 2.21. The summed E-state index contributed by atoms with van der Waals surface area (Å²) >= 11 is 0. The van der Waals surface area contributed by atoms with E-state index < -0.39 is 6.04 Å². The van der Waals surface area contributed by atoms with Crippen LogP contribution in [0.25, 0.3) is 0 Å². The zero-order chi connectivity index (χ0) is 10.8. The Labute approximate surface area is 86.4 Å². The van der Waals surface area contributed by atoms with Gasteiger partial charge >= 0.3 is 0 Å². The van der Waals surface area contributed by atoms with E-state index in [9.17, 15) is 9.18 Å². The smallest absolute Gasteiger partial charge is 0.265 e. The van der Waals surface area contributed by atoms with Crippen molar-refractivity contribution in [3.05, 3.63) is 35.6 Å². The number of hydrogen-bond donors (Lipinski definition) is 1. The van der Waals surface area contributed by atoms with Crippen LogP contribution >= 0.6 is 0 Å². The third-order valence-corrected chi connectivity index (χ3v) is 2.21. The first-order valence-corrected chi connectivity index (χ1v) is 4.61. The topological polar surface area (TPSA) is 55.6 Å². The summed E-state index contributed by atoms with van der Waals surface area (Å²) in [5.74, 6) is -0.538. The Morgan fingerprint density at radius 3 is 2.67 bits per heavy atom. The lowest BCUT2D eigenvalue weighted by Gasteiger charge is -2.13. The Morgan fingerprint density at radius 1 is 1.47 bits per heavy atom. The van der Waals surface area contributed by atoms with Gasteiger partial charge in [0.05, 0.1) is 13.2 Å². The van der Waals surface area contributed by atoms with Crippen molar-refractivity contribution in [3.63, 3.8) is 0 Å². The van der Waals surface area contributed by atoms with E-state index in [1.54, 1.807) is 12.1 Å². The SMILES string of the molecule is N[C@H]1CON(Cc2ccc(F)cc2)C1=O. The molecule has 0 bridgehead atoms. The number of halogens is 1. The van der Waals surface area contributed by atoms with E-state index in [-0.39, 0.29) is 18.3 Å². The molecule has 1 aliphatic rings. The summed E-state index contributed by atoms with van der Waals surface area (Å²) in [5.41, 5.74) is 6.27. The summed E-state index contributed by atoms with van der Waals surface area (Å²) in [6.07, 6.45) is 0. The Kier molecular flexibility index (Phi) is 2.66. The molecule has 1 aromatic rings. The van der Waals surface area contributed by atoms with Crippen LogP contribution < -0.4 is 5.73 Å². The number of benzene rings is 1. The minimum Gasteiger partial charge on any atom is -0.318 e. The van der Waals surface area contributed by atoms with Crippen LogP contribution in [0.5, 0.6) is 0 Å². The van der Waals surface area contributed by atoms with Crippen LogP contribution in [-0.4, -0.2) is 23.6 Å². The van der Waals surface area contributed by atoms with Crippen LogP contribution in [0.4, 0.5) is 4.39 Å². The van der Waals surface area contributed by atoms with Gasteiger partial charge in [-0.15, -0.1) is 0 Å². The number of nitrogens with zero attached hydrogens (tertiary/aromatic N) is 1. The summed E-state index contributed by atoms with van der Waals surface area (Å²) in [6, 6.07) is 5.32. The number of carbonyl (C=O) groups excluding carboxylic acids is 1. The minimum atomic E-state index is -0.578. The molecule has 2 rings (SSSR count). The zero-order valence-corrected chi connectivity index (χ0v) is 8.02. The first kappa shape index (κ1) is 10.1. The molecule has 4 nitrogen and oxygen atoms in total. The maximum absolute atomic E-state index is 12.6. The number of carbonyl (C=O) groups is 1. The summed E-state index contributed by atoms with van der Waals surface area (Å²) in [7, 11) is 0. The molecule has 15 heavy (non-hydrogen) atoms. The molecule has 1 aliphatic heterocycles. The monoisotopic (exact) mass is 210 g/mol. The molecule has 2 N–H and O–H groups in total. The van der Waals surface area contributed by atoms with Gasteiger partial charge in [-0.1, -0.05) is 12.1 Å². The minimum absolute atomic E-state index is 0.208. The van der Waals surface area contributed by atoms with Crippen LogP contribution in [0, 0.1) is 5.82 Å². The van der Waals surface area contributed by atoms with Gasteiger partial charge in [0.1, 0.15) is 11.9 Å². The Balaban J connectivity index is 2.03. The Morgan fingerprint density at radius 2 is 2.13 bits per heavy atom. The van der Waals surface area contributed by atoms with E-state index in [1.165, 1.54) is 17.2 Å². The highest BCUT2D eigenvalue weighted by Crippen LogP contribution is 2.12. The fourth-order valence-electron chi connectivity index (χ4n) is 1.37. The fraction of sp³-hybridized carbons (Fsp3) is 0.300. The lowest BCUT2D eigenvalue weighted by molar-refractivity contribution is -0.164. The van der Waals surface area contributed by atoms with Gasteiger partial charge in [-0.3, -0.25) is 9.63 Å². The highest BCUT2D eigenvalue weighted by Gasteiger charge is 2.29. The molecule has 0 radical (unpaired) electrons. The van der Waals surface area contributed by atoms with Crippen LogP contribution in [0.2, 0.25) is 0 Å². The lowest BCUT2D eigenvalue weighted by Crippen LogP contribution is -2.34. The number of rotatable bonds is 2. The van der Waals surface area contributed by atoms with Gasteiger partial charge in [0.25, 0.3) is 5.91 Å². The van der Waals surface area contributed by atoms with E-state index in [4.69, 9.17) is 10.6 Å². The van der Waals surface area contributed by atoms with Crippen molar-refractivity contribution in [1.29, 1.82) is 0 Å². The Bertz CT molecular complexity index is 366. The number of amides is 1. The van der Waals surface area contributed by atoms with Crippen LogP contribution in [0.1, 0.15) is 5.56 Å². The van der Waals surface area contributed by atoms with Gasteiger partial charge in [0.2, 0.25) is 0 Å². The second-order valence-corrected chi connectivity index (χ2v) is 3.40. The summed E-state index contributed by atoms with van der Waals surface area (Å²) < 4.78 is 12.6. The molecule has 1 atom stereocenters. The molecule has 1 aromatic carbocycles. The molecule has 80 valence electrons. The molecule has 0 unspecified atom stereocenters. The van der Waals surface area contributed by atoms with E-state index in [1.807, 2.05) is 0 Å². The van der Waals surface area contributed by atoms with E-state index >= 15 is 0 Å². The highest BCUT2D eigenvalue weighted by atomic mass is 19.1. The molecule has 1 fully saturated rings.